The molecule has 0 saturated carbocycles. The van der Waals surface area contributed by atoms with E-state index in [-0.39, 0.29) is 5.91 Å². The number of ether oxygens (including phenoxy) is 1. The van der Waals surface area contributed by atoms with Crippen LogP contribution in [-0.4, -0.2) is 11.9 Å². The minimum absolute atomic E-state index is 0.167. The molecule has 2 aromatic rings. The van der Waals surface area contributed by atoms with Crippen molar-refractivity contribution in [2.75, 3.05) is 5.32 Å². The van der Waals surface area contributed by atoms with Crippen molar-refractivity contribution in [3.8, 4) is 5.75 Å². The number of nitrogens with one attached hydrogen (secondary N) is 1. The Morgan fingerprint density at radius 1 is 1.10 bits per heavy atom. The molecule has 0 aromatic heterocycles. The predicted molar refractivity (Wildman–Crippen MR) is 77.2 cm³/mol. The summed E-state index contributed by atoms with van der Waals surface area (Å²) in [5, 5.41) is 3.12. The predicted octanol–water partition coefficient (Wildman–Crippen LogP) is 3.52. The zero-order chi connectivity index (χ0) is 14.5. The first-order chi connectivity index (χ1) is 9.54. The normalized spacial score (nSPS) is 9.90. The van der Waals surface area contributed by atoms with Gasteiger partial charge in [-0.2, -0.15) is 0 Å². The van der Waals surface area contributed by atoms with Crippen LogP contribution in [0.2, 0.25) is 5.02 Å². The maximum atomic E-state index is 11.9. The first kappa shape index (κ1) is 14.1. The summed E-state index contributed by atoms with van der Waals surface area (Å²) in [6, 6.07) is 13.0. The molecule has 0 fully saturated rings. The maximum absolute atomic E-state index is 11.9. The van der Waals surface area contributed by atoms with Crippen LogP contribution < -0.4 is 10.1 Å². The lowest BCUT2D eigenvalue weighted by atomic mass is 10.2. The number of amides is 1. The number of halogens is 1. The van der Waals surface area contributed by atoms with Crippen LogP contribution >= 0.6 is 11.6 Å². The van der Waals surface area contributed by atoms with E-state index in [1.54, 1.807) is 48.5 Å². The Morgan fingerprint density at radius 2 is 1.80 bits per heavy atom. The number of carbonyl (C=O) groups is 2. The summed E-state index contributed by atoms with van der Waals surface area (Å²) in [5.41, 5.74) is 1.01. The van der Waals surface area contributed by atoms with E-state index in [1.807, 2.05) is 0 Å². The number of esters is 1. The van der Waals surface area contributed by atoms with Crippen LogP contribution in [0.1, 0.15) is 17.3 Å². The van der Waals surface area contributed by atoms with Gasteiger partial charge in [-0.3, -0.25) is 4.79 Å². The van der Waals surface area contributed by atoms with Crippen molar-refractivity contribution in [2.45, 2.75) is 6.92 Å². The Balaban J connectivity index is 2.07. The van der Waals surface area contributed by atoms with Gasteiger partial charge in [0.1, 0.15) is 5.75 Å². The molecule has 0 unspecified atom stereocenters. The van der Waals surface area contributed by atoms with Crippen LogP contribution in [0, 0.1) is 0 Å². The molecule has 0 aliphatic rings. The Labute approximate surface area is 121 Å². The van der Waals surface area contributed by atoms with Crippen molar-refractivity contribution in [3.05, 3.63) is 59.1 Å². The molecule has 0 heterocycles. The molecule has 0 spiro atoms. The average molecular weight is 290 g/mol. The van der Waals surface area contributed by atoms with Gasteiger partial charge in [-0.05, 0) is 42.5 Å². The van der Waals surface area contributed by atoms with Gasteiger partial charge in [0, 0.05) is 17.6 Å². The molecule has 1 N–H and O–H groups in total. The molecule has 20 heavy (non-hydrogen) atoms. The standard InChI is InChI=1S/C15H12ClNO3/c1-10(18)17-13-7-5-11(6-8-13)15(19)20-14-4-2-3-12(16)9-14/h2-9H,1H3,(H,17,18). The molecule has 0 atom stereocenters. The van der Waals surface area contributed by atoms with Crippen LogP contribution in [0.5, 0.6) is 5.75 Å². The van der Waals surface area contributed by atoms with E-state index in [4.69, 9.17) is 16.3 Å². The fraction of sp³-hybridized carbons (Fsp3) is 0.0667. The van der Waals surface area contributed by atoms with E-state index < -0.39 is 5.97 Å². The van der Waals surface area contributed by atoms with Gasteiger partial charge in [0.15, 0.2) is 0 Å². The van der Waals surface area contributed by atoms with Gasteiger partial charge in [-0.1, -0.05) is 17.7 Å². The van der Waals surface area contributed by atoms with E-state index >= 15 is 0 Å². The Bertz CT molecular complexity index is 638. The first-order valence-corrected chi connectivity index (χ1v) is 6.28. The smallest absolute Gasteiger partial charge is 0.343 e. The SMILES string of the molecule is CC(=O)Nc1ccc(C(=O)Oc2cccc(Cl)c2)cc1. The third kappa shape index (κ3) is 3.83. The van der Waals surface area contributed by atoms with E-state index in [9.17, 15) is 9.59 Å². The molecule has 0 radical (unpaired) electrons. The minimum Gasteiger partial charge on any atom is -0.423 e. The molecule has 2 aromatic carbocycles. The summed E-state index contributed by atoms with van der Waals surface area (Å²) < 4.78 is 5.19. The lowest BCUT2D eigenvalue weighted by Crippen LogP contribution is -2.09. The van der Waals surface area contributed by atoms with Gasteiger partial charge in [0.2, 0.25) is 5.91 Å². The van der Waals surface area contributed by atoms with Crippen molar-refractivity contribution in [2.24, 2.45) is 0 Å². The van der Waals surface area contributed by atoms with Gasteiger partial charge in [-0.15, -0.1) is 0 Å². The summed E-state index contributed by atoms with van der Waals surface area (Å²) in [6.07, 6.45) is 0. The molecule has 1 amide bonds. The number of rotatable bonds is 3. The molecule has 0 saturated heterocycles. The van der Waals surface area contributed by atoms with E-state index in [0.29, 0.717) is 22.0 Å². The molecule has 4 nitrogen and oxygen atoms in total. The minimum atomic E-state index is -0.485. The summed E-state index contributed by atoms with van der Waals surface area (Å²) in [7, 11) is 0. The molecule has 102 valence electrons. The van der Waals surface area contributed by atoms with Crippen molar-refractivity contribution in [1.82, 2.24) is 0 Å². The Morgan fingerprint density at radius 3 is 2.40 bits per heavy atom. The largest absolute Gasteiger partial charge is 0.423 e. The number of hydrogen-bond acceptors (Lipinski definition) is 3. The lowest BCUT2D eigenvalue weighted by molar-refractivity contribution is -0.114. The fourth-order valence-corrected chi connectivity index (χ4v) is 1.77. The second-order valence-electron chi connectivity index (χ2n) is 4.11. The topological polar surface area (TPSA) is 55.4 Å². The zero-order valence-corrected chi connectivity index (χ0v) is 11.5. The van der Waals surface area contributed by atoms with Gasteiger partial charge in [-0.25, -0.2) is 4.79 Å². The number of benzene rings is 2. The summed E-state index contributed by atoms with van der Waals surface area (Å²) in [6.45, 7) is 1.42. The van der Waals surface area contributed by atoms with E-state index in [0.717, 1.165) is 0 Å². The number of carbonyl (C=O) groups excluding carboxylic acids is 2. The maximum Gasteiger partial charge on any atom is 0.343 e. The summed E-state index contributed by atoms with van der Waals surface area (Å²) >= 11 is 5.81. The lowest BCUT2D eigenvalue weighted by Gasteiger charge is -2.06. The highest BCUT2D eigenvalue weighted by molar-refractivity contribution is 6.30. The van der Waals surface area contributed by atoms with Crippen LogP contribution in [-0.2, 0) is 4.79 Å². The van der Waals surface area contributed by atoms with Crippen molar-refractivity contribution >= 4 is 29.2 Å². The number of anilines is 1. The van der Waals surface area contributed by atoms with Crippen molar-refractivity contribution < 1.29 is 14.3 Å². The van der Waals surface area contributed by atoms with Gasteiger partial charge < -0.3 is 10.1 Å². The van der Waals surface area contributed by atoms with Crippen LogP contribution in [0.25, 0.3) is 0 Å². The Kier molecular flexibility index (Phi) is 4.38. The molecule has 2 rings (SSSR count). The van der Waals surface area contributed by atoms with E-state index in [1.165, 1.54) is 6.92 Å². The molecule has 0 aliphatic carbocycles. The Hall–Kier alpha value is -2.33. The van der Waals surface area contributed by atoms with Crippen molar-refractivity contribution in [1.29, 1.82) is 0 Å². The second kappa shape index (κ2) is 6.21. The van der Waals surface area contributed by atoms with E-state index in [2.05, 4.69) is 5.32 Å². The van der Waals surface area contributed by atoms with Gasteiger partial charge in [0.05, 0.1) is 5.56 Å². The zero-order valence-electron chi connectivity index (χ0n) is 10.7. The number of hydrogen-bond donors (Lipinski definition) is 1. The summed E-state index contributed by atoms with van der Waals surface area (Å²) in [4.78, 5) is 22.8. The quantitative estimate of drug-likeness (QED) is 0.695. The third-order valence-corrected chi connectivity index (χ3v) is 2.68. The van der Waals surface area contributed by atoms with Crippen LogP contribution in [0.15, 0.2) is 48.5 Å². The fourth-order valence-electron chi connectivity index (χ4n) is 1.59. The van der Waals surface area contributed by atoms with Crippen LogP contribution in [0.4, 0.5) is 5.69 Å². The molecule has 0 bridgehead atoms. The monoisotopic (exact) mass is 289 g/mol. The molecule has 0 aliphatic heterocycles. The van der Waals surface area contributed by atoms with Crippen molar-refractivity contribution in [3.63, 3.8) is 0 Å². The molecular weight excluding hydrogens is 278 g/mol. The van der Waals surface area contributed by atoms with Gasteiger partial charge >= 0.3 is 5.97 Å². The highest BCUT2D eigenvalue weighted by atomic mass is 35.5. The third-order valence-electron chi connectivity index (χ3n) is 2.45. The summed E-state index contributed by atoms with van der Waals surface area (Å²) in [5.74, 6) is -0.269. The highest BCUT2D eigenvalue weighted by Crippen LogP contribution is 2.19. The molecular formula is C15H12ClNO3. The average Bonchev–Trinajstić information content (AvgIpc) is 2.38. The van der Waals surface area contributed by atoms with Gasteiger partial charge in [0.25, 0.3) is 0 Å². The second-order valence-corrected chi connectivity index (χ2v) is 4.54. The molecule has 5 heteroatoms. The first-order valence-electron chi connectivity index (χ1n) is 5.90. The van der Waals surface area contributed by atoms with Crippen LogP contribution in [0.3, 0.4) is 0 Å². The highest BCUT2D eigenvalue weighted by Gasteiger charge is 2.09.